The number of benzene rings is 2. The van der Waals surface area contributed by atoms with Crippen LogP contribution >= 0.6 is 22.9 Å². The molecule has 9 heteroatoms. The Labute approximate surface area is 180 Å². The Morgan fingerprint density at radius 1 is 1.20 bits per heavy atom. The van der Waals surface area contributed by atoms with Crippen molar-refractivity contribution in [2.45, 2.75) is 26.4 Å². The number of nitrogens with one attached hydrogen (secondary N) is 1. The van der Waals surface area contributed by atoms with Gasteiger partial charge in [-0.2, -0.15) is 13.2 Å². The first-order chi connectivity index (χ1) is 14.1. The first-order valence-electron chi connectivity index (χ1n) is 8.92. The molecule has 0 aliphatic rings. The molecule has 1 aromatic heterocycles. The minimum atomic E-state index is -4.44. The van der Waals surface area contributed by atoms with Gasteiger partial charge in [0.15, 0.2) is 11.7 Å². The number of anilines is 1. The number of halogens is 4. The van der Waals surface area contributed by atoms with Gasteiger partial charge in [0.25, 0.3) is 5.91 Å². The topological polar surface area (TPSA) is 51.2 Å². The van der Waals surface area contributed by atoms with Gasteiger partial charge in [0.05, 0.1) is 5.56 Å². The summed E-state index contributed by atoms with van der Waals surface area (Å²) in [4.78, 5) is 16.9. The molecule has 2 aromatic carbocycles. The molecule has 0 saturated heterocycles. The third-order valence-corrected chi connectivity index (χ3v) is 5.52. The van der Waals surface area contributed by atoms with Crippen LogP contribution in [-0.4, -0.2) is 17.5 Å². The average Bonchev–Trinajstić information content (AvgIpc) is 3.10. The Balaban J connectivity index is 1.61. The number of nitrogens with zero attached hydrogens (tertiary/aromatic N) is 1. The van der Waals surface area contributed by atoms with E-state index in [0.717, 1.165) is 23.3 Å². The van der Waals surface area contributed by atoms with Crippen LogP contribution in [0.2, 0.25) is 5.02 Å². The lowest BCUT2D eigenvalue weighted by Gasteiger charge is -2.10. The molecule has 0 spiro atoms. The van der Waals surface area contributed by atoms with E-state index in [1.54, 1.807) is 0 Å². The van der Waals surface area contributed by atoms with E-state index in [1.807, 2.05) is 32.0 Å². The van der Waals surface area contributed by atoms with Crippen LogP contribution in [-0.2, 0) is 17.4 Å². The number of hydrogen-bond acceptors (Lipinski definition) is 4. The third kappa shape index (κ3) is 5.73. The van der Waals surface area contributed by atoms with E-state index in [0.29, 0.717) is 21.3 Å². The van der Waals surface area contributed by atoms with Crippen molar-refractivity contribution in [2.24, 2.45) is 0 Å². The molecule has 0 atom stereocenters. The smallest absolute Gasteiger partial charge is 0.416 e. The first kappa shape index (κ1) is 22.1. The summed E-state index contributed by atoms with van der Waals surface area (Å²) in [5.74, 6) is 0.248. The Bertz CT molecular complexity index is 1070. The van der Waals surface area contributed by atoms with E-state index in [-0.39, 0.29) is 24.0 Å². The number of hydrogen-bond donors (Lipinski definition) is 1. The summed E-state index contributed by atoms with van der Waals surface area (Å²) < 4.78 is 44.3. The Morgan fingerprint density at radius 2 is 1.97 bits per heavy atom. The molecule has 0 aliphatic heterocycles. The Kier molecular flexibility index (Phi) is 6.67. The van der Waals surface area contributed by atoms with Gasteiger partial charge in [0.1, 0.15) is 5.75 Å². The molecule has 1 amide bonds. The zero-order chi connectivity index (χ0) is 21.9. The maximum atomic E-state index is 12.9. The van der Waals surface area contributed by atoms with Crippen LogP contribution in [0, 0.1) is 13.8 Å². The zero-order valence-corrected chi connectivity index (χ0v) is 17.7. The second kappa shape index (κ2) is 9.06. The van der Waals surface area contributed by atoms with E-state index in [2.05, 4.69) is 10.3 Å². The lowest BCUT2D eigenvalue weighted by atomic mass is 10.1. The number of alkyl halides is 3. The molecule has 158 valence electrons. The van der Waals surface area contributed by atoms with Gasteiger partial charge in [-0.15, -0.1) is 11.3 Å². The maximum absolute atomic E-state index is 12.9. The van der Waals surface area contributed by atoms with Crippen LogP contribution in [0.25, 0.3) is 0 Å². The highest BCUT2D eigenvalue weighted by atomic mass is 35.5. The molecular weight excluding hydrogens is 437 g/mol. The number of aryl methyl sites for hydroxylation is 2. The van der Waals surface area contributed by atoms with Gasteiger partial charge in [0, 0.05) is 22.5 Å². The number of amides is 1. The largest absolute Gasteiger partial charge is 0.483 e. The highest BCUT2D eigenvalue weighted by Crippen LogP contribution is 2.33. The minimum Gasteiger partial charge on any atom is -0.483 e. The van der Waals surface area contributed by atoms with Crippen molar-refractivity contribution in [3.63, 3.8) is 0 Å². The molecule has 3 rings (SSSR count). The van der Waals surface area contributed by atoms with Crippen molar-refractivity contribution < 1.29 is 22.7 Å². The maximum Gasteiger partial charge on any atom is 0.416 e. The van der Waals surface area contributed by atoms with Crippen molar-refractivity contribution in [3.8, 4) is 5.75 Å². The van der Waals surface area contributed by atoms with E-state index < -0.39 is 11.7 Å². The van der Waals surface area contributed by atoms with Crippen molar-refractivity contribution in [2.75, 3.05) is 11.9 Å². The molecular formula is C21H18ClF3N2O2S. The van der Waals surface area contributed by atoms with Gasteiger partial charge < -0.3 is 4.74 Å². The molecule has 4 nitrogen and oxygen atoms in total. The van der Waals surface area contributed by atoms with Gasteiger partial charge in [-0.3, -0.25) is 10.1 Å². The number of carbonyl (C=O) groups excluding carboxylic acids is 1. The molecule has 0 radical (unpaired) electrons. The van der Waals surface area contributed by atoms with Gasteiger partial charge in [-0.25, -0.2) is 4.98 Å². The van der Waals surface area contributed by atoms with Crippen LogP contribution in [0.1, 0.15) is 27.1 Å². The number of thiazole rings is 1. The van der Waals surface area contributed by atoms with Crippen molar-refractivity contribution >= 4 is 34.0 Å². The summed E-state index contributed by atoms with van der Waals surface area (Å²) in [6.07, 6.45) is -2.76. The molecule has 1 N–H and O–H groups in total. The fourth-order valence-electron chi connectivity index (χ4n) is 2.68. The fraction of sp³-hybridized carbons (Fsp3) is 0.238. The van der Waals surface area contributed by atoms with Gasteiger partial charge >= 0.3 is 6.18 Å². The highest BCUT2D eigenvalue weighted by Gasteiger charge is 2.30. The van der Waals surface area contributed by atoms with Crippen LogP contribution < -0.4 is 10.1 Å². The molecule has 1 heterocycles. The zero-order valence-electron chi connectivity index (χ0n) is 16.1. The lowest BCUT2D eigenvalue weighted by Crippen LogP contribution is -2.20. The summed E-state index contributed by atoms with van der Waals surface area (Å²) >= 11 is 7.21. The lowest BCUT2D eigenvalue weighted by molar-refractivity contribution is -0.137. The van der Waals surface area contributed by atoms with Crippen molar-refractivity contribution in [1.29, 1.82) is 0 Å². The first-order valence-corrected chi connectivity index (χ1v) is 10.1. The molecule has 0 unspecified atom stereocenters. The highest BCUT2D eigenvalue weighted by molar-refractivity contribution is 7.15. The number of carbonyl (C=O) groups is 1. The van der Waals surface area contributed by atoms with Crippen LogP contribution in [0.4, 0.5) is 18.3 Å². The number of aromatic nitrogens is 1. The SMILES string of the molecule is Cc1ccc(C)c(OCC(=O)Nc2ncc(Cc3cc(C(F)(F)F)ccc3Cl)s2)c1. The summed E-state index contributed by atoms with van der Waals surface area (Å²) in [6.45, 7) is 3.64. The van der Waals surface area contributed by atoms with Crippen LogP contribution in [0.5, 0.6) is 5.75 Å². The predicted molar refractivity (Wildman–Crippen MR) is 111 cm³/mol. The monoisotopic (exact) mass is 454 g/mol. The van der Waals surface area contributed by atoms with Crippen LogP contribution in [0.3, 0.4) is 0 Å². The summed E-state index contributed by atoms with van der Waals surface area (Å²) in [5.41, 5.74) is 1.52. The molecule has 0 bridgehead atoms. The van der Waals surface area contributed by atoms with E-state index in [1.165, 1.54) is 23.6 Å². The average molecular weight is 455 g/mol. The number of rotatable bonds is 6. The normalized spacial score (nSPS) is 11.4. The third-order valence-electron chi connectivity index (χ3n) is 4.24. The molecule has 30 heavy (non-hydrogen) atoms. The van der Waals surface area contributed by atoms with Gasteiger partial charge in [-0.1, -0.05) is 23.7 Å². The second-order valence-corrected chi connectivity index (χ2v) is 8.24. The molecule has 0 aliphatic carbocycles. The predicted octanol–water partition coefficient (Wildman–Crippen LogP) is 6.04. The molecule has 0 saturated carbocycles. The van der Waals surface area contributed by atoms with Gasteiger partial charge in [-0.05, 0) is 54.8 Å². The second-order valence-electron chi connectivity index (χ2n) is 6.72. The minimum absolute atomic E-state index is 0.176. The quantitative estimate of drug-likeness (QED) is 0.494. The Hall–Kier alpha value is -2.58. The summed E-state index contributed by atoms with van der Waals surface area (Å²) in [7, 11) is 0. The van der Waals surface area contributed by atoms with Gasteiger partial charge in [0.2, 0.25) is 0 Å². The summed E-state index contributed by atoms with van der Waals surface area (Å²) in [6, 6.07) is 8.92. The van der Waals surface area contributed by atoms with E-state index in [9.17, 15) is 18.0 Å². The van der Waals surface area contributed by atoms with Crippen molar-refractivity contribution in [1.82, 2.24) is 4.98 Å². The van der Waals surface area contributed by atoms with Crippen molar-refractivity contribution in [3.05, 3.63) is 74.7 Å². The standard InChI is InChI=1S/C21H18ClF3N2O2S/c1-12-3-4-13(2)18(7-12)29-11-19(28)27-20-26-10-16(30-20)9-14-8-15(21(23,24)25)5-6-17(14)22/h3-8,10H,9,11H2,1-2H3,(H,26,27,28). The molecule has 0 fully saturated rings. The molecule has 3 aromatic rings. The number of ether oxygens (including phenoxy) is 1. The Morgan fingerprint density at radius 3 is 2.70 bits per heavy atom. The summed E-state index contributed by atoms with van der Waals surface area (Å²) in [5, 5.41) is 3.21. The van der Waals surface area contributed by atoms with E-state index in [4.69, 9.17) is 16.3 Å². The van der Waals surface area contributed by atoms with Crippen LogP contribution in [0.15, 0.2) is 42.6 Å². The fourth-order valence-corrected chi connectivity index (χ4v) is 3.72. The van der Waals surface area contributed by atoms with E-state index >= 15 is 0 Å².